The van der Waals surface area contributed by atoms with Crippen LogP contribution in [0.2, 0.25) is 5.02 Å². The summed E-state index contributed by atoms with van der Waals surface area (Å²) in [7, 11) is 3.07. The van der Waals surface area contributed by atoms with Gasteiger partial charge in [0.25, 0.3) is 11.1 Å². The normalized spacial score (nSPS) is 13.1. The van der Waals surface area contributed by atoms with Crippen molar-refractivity contribution in [1.29, 1.82) is 0 Å². The number of amides is 4. The highest BCUT2D eigenvalue weighted by Gasteiger charge is 2.32. The number of halogens is 2. The molecule has 76 heavy (non-hydrogen) atoms. The van der Waals surface area contributed by atoms with Crippen molar-refractivity contribution in [1.82, 2.24) is 48.2 Å². The molecule has 0 atom stereocenters. The molecule has 0 bridgehead atoms. The van der Waals surface area contributed by atoms with Gasteiger partial charge in [-0.1, -0.05) is 43.6 Å². The number of fused-ring (bicyclic) bond motifs is 2. The third kappa shape index (κ3) is 11.2. The lowest BCUT2D eigenvalue weighted by Gasteiger charge is -2.22. The first-order chi connectivity index (χ1) is 36.8. The van der Waals surface area contributed by atoms with Crippen LogP contribution in [0.5, 0.6) is 0 Å². The summed E-state index contributed by atoms with van der Waals surface area (Å²) < 4.78 is 30.1. The van der Waals surface area contributed by atoms with E-state index in [1.165, 1.54) is 55.0 Å². The molecule has 2 aliphatic rings. The second-order valence-electron chi connectivity index (χ2n) is 18.2. The third-order valence-corrected chi connectivity index (χ3v) is 12.9. The maximum atomic E-state index is 14.1. The van der Waals surface area contributed by atoms with Crippen LogP contribution in [-0.4, -0.2) is 101 Å². The van der Waals surface area contributed by atoms with Crippen LogP contribution in [0.15, 0.2) is 104 Å². The lowest BCUT2D eigenvalue weighted by atomic mass is 10.2. The van der Waals surface area contributed by atoms with Crippen LogP contribution in [-0.2, 0) is 22.6 Å². The number of urea groups is 2. The van der Waals surface area contributed by atoms with Gasteiger partial charge in [-0.25, -0.2) is 43.5 Å². The van der Waals surface area contributed by atoms with E-state index >= 15 is 0 Å². The standard InChI is InChI=1S/C26H28ClN7O4.C26H28FN7O4/c1-3-11-33-23-21(24(35)34(26(33)37)19-8-9-19)30-22(31-23)16-7-10-20(28-15-16)32(12-13-38-2)25(36)29-18-6-4-5-17(27)14-18;1-3-12-33-23-21(24(35)34(26(33)37)17-9-10-17)30-22(31-23)16-8-11-20(28-15-16)32(13-14-38-2)25(36)29-19-7-5-4-6-18(19)27/h4-7,10,14-15,19H,3,8-9,11-13H2,1-2H3,(H,29,36)(H,30,31);4-8,11,15,17H,3,9-10,12-14H2,1-2H3,(H,29,36)(H,30,31). The maximum Gasteiger partial charge on any atom is 0.333 e. The molecule has 2 aliphatic carbocycles. The summed E-state index contributed by atoms with van der Waals surface area (Å²) in [6.45, 7) is 5.81. The highest BCUT2D eigenvalue weighted by molar-refractivity contribution is 6.31. The van der Waals surface area contributed by atoms with Crippen molar-refractivity contribution >= 4 is 69.0 Å². The summed E-state index contributed by atoms with van der Waals surface area (Å²) in [6.07, 6.45) is 7.79. The Hall–Kier alpha value is -8.28. The van der Waals surface area contributed by atoms with E-state index in [0.717, 1.165) is 32.1 Å². The second-order valence-corrected chi connectivity index (χ2v) is 18.6. The number of aromatic nitrogens is 10. The Morgan fingerprint density at radius 2 is 1.17 bits per heavy atom. The van der Waals surface area contributed by atoms with E-state index in [4.69, 9.17) is 21.1 Å². The van der Waals surface area contributed by atoms with Gasteiger partial charge in [0, 0.05) is 73.6 Å². The summed E-state index contributed by atoms with van der Waals surface area (Å²) >= 11 is 6.04. The minimum absolute atomic E-state index is 0.0497. The number of carbonyl (C=O) groups excluding carboxylic acids is 2. The van der Waals surface area contributed by atoms with E-state index < -0.39 is 17.9 Å². The molecule has 8 aromatic rings. The van der Waals surface area contributed by atoms with Crippen molar-refractivity contribution in [2.24, 2.45) is 0 Å². The molecule has 2 aromatic carbocycles. The van der Waals surface area contributed by atoms with E-state index in [0.29, 0.717) is 88.0 Å². The van der Waals surface area contributed by atoms with Crippen LogP contribution < -0.4 is 42.9 Å². The van der Waals surface area contributed by atoms with Crippen LogP contribution in [0, 0.1) is 5.82 Å². The number of benzene rings is 2. The molecular formula is C52H56ClFN14O8. The fourth-order valence-corrected chi connectivity index (χ4v) is 8.78. The number of nitrogens with zero attached hydrogens (tertiary/aromatic N) is 10. The average Bonchev–Trinajstić information content (AvgIpc) is 4.35. The van der Waals surface area contributed by atoms with Gasteiger partial charge in [0.1, 0.15) is 40.1 Å². The number of imidazole rings is 2. The number of hydrogen-bond donors (Lipinski definition) is 4. The lowest BCUT2D eigenvalue weighted by molar-refractivity contribution is 0.204. The van der Waals surface area contributed by atoms with Crippen molar-refractivity contribution in [3.63, 3.8) is 0 Å². The first-order valence-electron chi connectivity index (χ1n) is 24.9. The smallest absolute Gasteiger partial charge is 0.333 e. The maximum absolute atomic E-state index is 14.1. The minimum Gasteiger partial charge on any atom is -0.383 e. The highest BCUT2D eigenvalue weighted by atomic mass is 35.5. The average molecular weight is 1060 g/mol. The number of ether oxygens (including phenoxy) is 2. The molecule has 0 spiro atoms. The predicted molar refractivity (Wildman–Crippen MR) is 287 cm³/mol. The Morgan fingerprint density at radius 3 is 1.59 bits per heavy atom. The van der Waals surface area contributed by atoms with Crippen LogP contribution >= 0.6 is 11.6 Å². The Labute approximate surface area is 438 Å². The lowest BCUT2D eigenvalue weighted by Crippen LogP contribution is -2.39. The fourth-order valence-electron chi connectivity index (χ4n) is 8.59. The van der Waals surface area contributed by atoms with E-state index in [1.807, 2.05) is 13.8 Å². The van der Waals surface area contributed by atoms with E-state index in [9.17, 15) is 33.2 Å². The SMILES string of the molecule is CCCn1c(=O)n(C2CC2)c(=O)c2[nH]c(-c3ccc(N(CCOC)C(=O)Nc4cccc(Cl)c4)nc3)nc21.CCCn1c(=O)n(C2CC2)c(=O)c2[nH]c(-c3ccc(N(CCOC)C(=O)Nc4ccccc4F)nc3)nc21. The molecule has 396 valence electrons. The third-order valence-electron chi connectivity index (χ3n) is 12.7. The summed E-state index contributed by atoms with van der Waals surface area (Å²) in [4.78, 5) is 105. The van der Waals surface area contributed by atoms with Crippen LogP contribution in [0.3, 0.4) is 0 Å². The van der Waals surface area contributed by atoms with Gasteiger partial charge in [-0.3, -0.25) is 37.7 Å². The molecule has 0 aliphatic heterocycles. The molecule has 2 fully saturated rings. The van der Waals surface area contributed by atoms with Gasteiger partial charge < -0.3 is 30.1 Å². The van der Waals surface area contributed by atoms with Gasteiger partial charge in [-0.05, 0) is 93.1 Å². The Kier molecular flexibility index (Phi) is 16.0. The summed E-state index contributed by atoms with van der Waals surface area (Å²) in [5, 5.41) is 5.89. The van der Waals surface area contributed by atoms with E-state index in [-0.39, 0.29) is 65.5 Å². The molecule has 6 heterocycles. The van der Waals surface area contributed by atoms with Crippen molar-refractivity contribution < 1.29 is 23.5 Å². The number of aryl methyl sites for hydroxylation is 2. The Bertz CT molecular complexity index is 3660. The van der Waals surface area contributed by atoms with Crippen molar-refractivity contribution in [2.75, 3.05) is 61.0 Å². The second kappa shape index (κ2) is 23.1. The first kappa shape index (κ1) is 52.6. The Balaban J connectivity index is 0.000000186. The number of pyridine rings is 2. The molecule has 4 amide bonds. The summed E-state index contributed by atoms with van der Waals surface area (Å²) in [5.41, 5.74) is 1.61. The largest absolute Gasteiger partial charge is 0.383 e. The Morgan fingerprint density at radius 1 is 0.684 bits per heavy atom. The summed E-state index contributed by atoms with van der Waals surface area (Å²) in [5.74, 6) is 0.965. The number of para-hydroxylation sites is 1. The number of nitrogens with one attached hydrogen (secondary N) is 4. The quantitative estimate of drug-likeness (QED) is 0.0650. The number of rotatable bonds is 18. The van der Waals surface area contributed by atoms with Gasteiger partial charge >= 0.3 is 23.4 Å². The van der Waals surface area contributed by atoms with Gasteiger partial charge in [0.2, 0.25) is 0 Å². The van der Waals surface area contributed by atoms with Crippen molar-refractivity contribution in [3.05, 3.63) is 138 Å². The van der Waals surface area contributed by atoms with E-state index in [2.05, 4.69) is 40.5 Å². The van der Waals surface area contributed by atoms with Crippen LogP contribution in [0.4, 0.5) is 37.0 Å². The number of aromatic amines is 2. The number of H-pyrrole nitrogens is 2. The van der Waals surface area contributed by atoms with Gasteiger partial charge in [-0.2, -0.15) is 0 Å². The zero-order chi connectivity index (χ0) is 53.6. The fraction of sp³-hybridized carbons (Fsp3) is 0.346. The molecule has 4 N–H and O–H groups in total. The zero-order valence-corrected chi connectivity index (χ0v) is 43.0. The molecular weight excluding hydrogens is 1000 g/mol. The molecule has 0 unspecified atom stereocenters. The molecule has 2 saturated carbocycles. The van der Waals surface area contributed by atoms with Gasteiger partial charge in [-0.15, -0.1) is 0 Å². The van der Waals surface area contributed by atoms with Crippen LogP contribution in [0.25, 0.3) is 45.1 Å². The first-order valence-corrected chi connectivity index (χ1v) is 25.3. The van der Waals surface area contributed by atoms with Crippen LogP contribution in [0.1, 0.15) is 64.5 Å². The number of anilines is 4. The molecule has 24 heteroatoms. The zero-order valence-electron chi connectivity index (χ0n) is 42.2. The predicted octanol–water partition coefficient (Wildman–Crippen LogP) is 7.55. The molecule has 0 radical (unpaired) electrons. The number of methoxy groups -OCH3 is 2. The molecule has 10 rings (SSSR count). The monoisotopic (exact) mass is 1060 g/mol. The van der Waals surface area contributed by atoms with Gasteiger partial charge in [0.15, 0.2) is 11.3 Å². The summed E-state index contributed by atoms with van der Waals surface area (Å²) in [6, 6.07) is 18.5. The highest BCUT2D eigenvalue weighted by Crippen LogP contribution is 2.34. The molecule has 0 saturated heterocycles. The van der Waals surface area contributed by atoms with Crippen molar-refractivity contribution in [2.45, 2.75) is 77.5 Å². The molecule has 22 nitrogen and oxygen atoms in total. The minimum atomic E-state index is -0.569. The number of hydrogen-bond acceptors (Lipinski definition) is 12. The molecule has 6 aromatic heterocycles. The number of carbonyl (C=O) groups is 2. The topological polar surface area (TPSA) is 254 Å². The van der Waals surface area contributed by atoms with E-state index in [1.54, 1.807) is 72.5 Å². The van der Waals surface area contributed by atoms with Gasteiger partial charge in [0.05, 0.1) is 32.0 Å². The van der Waals surface area contributed by atoms with Crippen molar-refractivity contribution in [3.8, 4) is 22.8 Å².